The fraction of sp³-hybridized carbons (Fsp3) is 0.375. The molecule has 2 heterocycles. The van der Waals surface area contributed by atoms with E-state index in [1.165, 1.54) is 27.8 Å². The van der Waals surface area contributed by atoms with Crippen LogP contribution in [0.5, 0.6) is 5.75 Å². The van der Waals surface area contributed by atoms with E-state index in [0.29, 0.717) is 36.9 Å². The average Bonchev–Trinajstić information content (AvgIpc) is 3.04. The fourth-order valence-corrected chi connectivity index (χ4v) is 6.31. The molecule has 1 saturated heterocycles. The molecule has 1 aliphatic heterocycles. The molecular weight excluding hydrogens is 450 g/mol. The van der Waals surface area contributed by atoms with E-state index >= 15 is 0 Å². The van der Waals surface area contributed by atoms with Crippen molar-refractivity contribution >= 4 is 37.3 Å². The number of nitrogens with zero attached hydrogens (tertiary/aromatic N) is 2. The summed E-state index contributed by atoms with van der Waals surface area (Å²) in [4.78, 5) is 2.14. The van der Waals surface area contributed by atoms with Crippen molar-refractivity contribution in [2.24, 2.45) is 0 Å². The van der Waals surface area contributed by atoms with Crippen LogP contribution in [-0.2, 0) is 16.6 Å². The SMILES string of the molecule is O=S(=O)(c1ccc(Br)s1)N1CCN(Cc2ccc(OC(F)F)cc2)CC1. The maximum atomic E-state index is 12.6. The predicted molar refractivity (Wildman–Crippen MR) is 99.1 cm³/mol. The van der Waals surface area contributed by atoms with Gasteiger partial charge in [-0.3, -0.25) is 4.90 Å². The summed E-state index contributed by atoms with van der Waals surface area (Å²) >= 11 is 4.50. The lowest BCUT2D eigenvalue weighted by Crippen LogP contribution is -2.48. The van der Waals surface area contributed by atoms with E-state index in [-0.39, 0.29) is 5.75 Å². The first-order chi connectivity index (χ1) is 12.3. The van der Waals surface area contributed by atoms with Crippen LogP contribution in [0.4, 0.5) is 8.78 Å². The first-order valence-corrected chi connectivity index (χ1v) is 10.9. The third-order valence-corrected chi connectivity index (χ3v) is 8.02. The van der Waals surface area contributed by atoms with Crippen LogP contribution >= 0.6 is 27.3 Å². The fourth-order valence-electron chi connectivity index (χ4n) is 2.73. The van der Waals surface area contributed by atoms with Gasteiger partial charge in [0.15, 0.2) is 0 Å². The molecule has 0 saturated carbocycles. The summed E-state index contributed by atoms with van der Waals surface area (Å²) in [6, 6.07) is 9.84. The number of piperazine rings is 1. The zero-order valence-corrected chi connectivity index (χ0v) is 16.9. The largest absolute Gasteiger partial charge is 0.435 e. The molecule has 0 bridgehead atoms. The number of thiophene rings is 1. The van der Waals surface area contributed by atoms with E-state index in [9.17, 15) is 17.2 Å². The monoisotopic (exact) mass is 466 g/mol. The van der Waals surface area contributed by atoms with Gasteiger partial charge in [0.25, 0.3) is 10.0 Å². The Morgan fingerprint density at radius 3 is 2.27 bits per heavy atom. The maximum absolute atomic E-state index is 12.6. The Bertz CT molecular complexity index is 835. The molecule has 0 amide bonds. The van der Waals surface area contributed by atoms with Crippen molar-refractivity contribution in [1.82, 2.24) is 9.21 Å². The van der Waals surface area contributed by atoms with Crippen LogP contribution in [0, 0.1) is 0 Å². The van der Waals surface area contributed by atoms with Gasteiger partial charge in [0.05, 0.1) is 3.79 Å². The molecule has 142 valence electrons. The molecule has 10 heteroatoms. The van der Waals surface area contributed by atoms with Gasteiger partial charge in [-0.05, 0) is 45.8 Å². The van der Waals surface area contributed by atoms with Gasteiger partial charge in [0.1, 0.15) is 9.96 Å². The van der Waals surface area contributed by atoms with Crippen LogP contribution in [0.2, 0.25) is 0 Å². The molecule has 1 aromatic carbocycles. The Labute approximate surface area is 163 Å². The highest BCUT2D eigenvalue weighted by atomic mass is 79.9. The number of alkyl halides is 2. The van der Waals surface area contributed by atoms with Crippen molar-refractivity contribution in [3.63, 3.8) is 0 Å². The van der Waals surface area contributed by atoms with E-state index in [4.69, 9.17) is 0 Å². The Morgan fingerprint density at radius 2 is 1.73 bits per heavy atom. The van der Waals surface area contributed by atoms with Gasteiger partial charge in [0.2, 0.25) is 0 Å². The highest BCUT2D eigenvalue weighted by Crippen LogP contribution is 2.29. The third kappa shape index (κ3) is 4.80. The Morgan fingerprint density at radius 1 is 1.08 bits per heavy atom. The molecule has 2 aromatic rings. The van der Waals surface area contributed by atoms with Gasteiger partial charge in [-0.2, -0.15) is 13.1 Å². The van der Waals surface area contributed by atoms with Crippen molar-refractivity contribution in [3.8, 4) is 5.75 Å². The quantitative estimate of drug-likeness (QED) is 0.652. The van der Waals surface area contributed by atoms with Gasteiger partial charge in [-0.1, -0.05) is 12.1 Å². The molecular formula is C16H17BrF2N2O3S2. The second-order valence-electron chi connectivity index (χ2n) is 5.76. The standard InChI is InChI=1S/C16H17BrF2N2O3S2/c17-14-5-6-15(25-14)26(22,23)21-9-7-20(8-10-21)11-12-1-3-13(4-2-12)24-16(18)19/h1-6,16H,7-11H2. The first kappa shape index (κ1) is 19.7. The lowest BCUT2D eigenvalue weighted by atomic mass is 10.2. The van der Waals surface area contributed by atoms with Crippen LogP contribution in [0.25, 0.3) is 0 Å². The summed E-state index contributed by atoms with van der Waals surface area (Å²) in [5.41, 5.74) is 0.963. The number of rotatable bonds is 6. The van der Waals surface area contributed by atoms with Crippen LogP contribution < -0.4 is 4.74 Å². The number of hydrogen-bond acceptors (Lipinski definition) is 5. The molecule has 5 nitrogen and oxygen atoms in total. The first-order valence-electron chi connectivity index (χ1n) is 7.86. The predicted octanol–water partition coefficient (Wildman–Crippen LogP) is 3.62. The Kier molecular flexibility index (Phi) is 6.29. The third-order valence-electron chi connectivity index (χ3n) is 4.03. The number of halogens is 3. The molecule has 0 N–H and O–H groups in total. The van der Waals surface area contributed by atoms with Crippen molar-refractivity contribution in [2.45, 2.75) is 17.4 Å². The maximum Gasteiger partial charge on any atom is 0.387 e. The number of sulfonamides is 1. The van der Waals surface area contributed by atoms with Crippen LogP contribution in [0.15, 0.2) is 44.4 Å². The normalized spacial score (nSPS) is 16.9. The van der Waals surface area contributed by atoms with Crippen LogP contribution in [0.3, 0.4) is 0 Å². The minimum absolute atomic E-state index is 0.127. The molecule has 0 aliphatic carbocycles. The summed E-state index contributed by atoms with van der Waals surface area (Å²) in [5, 5.41) is 0. The molecule has 0 spiro atoms. The van der Waals surface area contributed by atoms with Crippen molar-refractivity contribution < 1.29 is 21.9 Å². The van der Waals surface area contributed by atoms with E-state index in [2.05, 4.69) is 25.6 Å². The number of ether oxygens (including phenoxy) is 1. The molecule has 0 radical (unpaired) electrons. The van der Waals surface area contributed by atoms with Crippen LogP contribution in [0.1, 0.15) is 5.56 Å². The lowest BCUT2D eigenvalue weighted by Gasteiger charge is -2.33. The van der Waals surface area contributed by atoms with E-state index in [0.717, 1.165) is 9.35 Å². The second-order valence-corrected chi connectivity index (χ2v) is 10.4. The van der Waals surface area contributed by atoms with Gasteiger partial charge in [0, 0.05) is 32.7 Å². The second kappa shape index (κ2) is 8.30. The summed E-state index contributed by atoms with van der Waals surface area (Å²) in [7, 11) is -3.45. The van der Waals surface area contributed by atoms with Crippen molar-refractivity contribution in [1.29, 1.82) is 0 Å². The molecule has 3 rings (SSSR count). The van der Waals surface area contributed by atoms with E-state index in [1.807, 2.05) is 0 Å². The smallest absolute Gasteiger partial charge is 0.387 e. The summed E-state index contributed by atoms with van der Waals surface area (Å²) < 4.78 is 56.5. The van der Waals surface area contributed by atoms with Gasteiger partial charge in [-0.15, -0.1) is 11.3 Å². The summed E-state index contributed by atoms with van der Waals surface area (Å²) in [6.45, 7) is -0.135. The molecule has 0 atom stereocenters. The molecule has 1 aromatic heterocycles. The number of hydrogen-bond donors (Lipinski definition) is 0. The van der Waals surface area contributed by atoms with Gasteiger partial charge >= 0.3 is 6.61 Å². The molecule has 1 fully saturated rings. The minimum Gasteiger partial charge on any atom is -0.435 e. The zero-order valence-electron chi connectivity index (χ0n) is 13.6. The summed E-state index contributed by atoms with van der Waals surface area (Å²) in [5.74, 6) is 0.127. The highest BCUT2D eigenvalue weighted by molar-refractivity contribution is 9.11. The minimum atomic E-state index is -3.45. The van der Waals surface area contributed by atoms with Gasteiger partial charge < -0.3 is 4.74 Å². The zero-order chi connectivity index (χ0) is 18.7. The molecule has 1 aliphatic rings. The van der Waals surface area contributed by atoms with E-state index in [1.54, 1.807) is 24.3 Å². The van der Waals surface area contributed by atoms with Crippen molar-refractivity contribution in [3.05, 3.63) is 45.7 Å². The van der Waals surface area contributed by atoms with Crippen molar-refractivity contribution in [2.75, 3.05) is 26.2 Å². The molecule has 0 unspecified atom stereocenters. The molecule has 26 heavy (non-hydrogen) atoms. The Balaban J connectivity index is 1.55. The van der Waals surface area contributed by atoms with Gasteiger partial charge in [-0.25, -0.2) is 8.42 Å². The summed E-state index contributed by atoms with van der Waals surface area (Å²) in [6.07, 6.45) is 0. The topological polar surface area (TPSA) is 49.9 Å². The van der Waals surface area contributed by atoms with Crippen LogP contribution in [-0.4, -0.2) is 50.4 Å². The van der Waals surface area contributed by atoms with E-state index < -0.39 is 16.6 Å². The Hall–Kier alpha value is -1.07. The lowest BCUT2D eigenvalue weighted by molar-refractivity contribution is -0.0498. The average molecular weight is 467 g/mol. The highest BCUT2D eigenvalue weighted by Gasteiger charge is 2.29. The number of benzene rings is 1.